The largest absolute Gasteiger partial charge is 0.0985 e. The van der Waals surface area contributed by atoms with Crippen molar-refractivity contribution in [3.8, 4) is 0 Å². The van der Waals surface area contributed by atoms with Gasteiger partial charge in [0.05, 0.1) is 0 Å². The molecule has 0 amide bonds. The van der Waals surface area contributed by atoms with E-state index in [4.69, 9.17) is 0 Å². The van der Waals surface area contributed by atoms with Gasteiger partial charge in [0.15, 0.2) is 0 Å². The fraction of sp³-hybridized carbons (Fsp3) is 0. The summed E-state index contributed by atoms with van der Waals surface area (Å²) in [6.07, 6.45) is 1.86. The van der Waals surface area contributed by atoms with Crippen molar-refractivity contribution in [2.24, 2.45) is 0 Å². The SMILES string of the molecule is C=Cc1ccc2c([c]cc3ccccc32)c1. The lowest BCUT2D eigenvalue weighted by Gasteiger charge is -2.04. The molecule has 0 N–H and O–H groups in total. The summed E-state index contributed by atoms with van der Waals surface area (Å²) in [6, 6.07) is 20.1. The second-order valence-corrected chi connectivity index (χ2v) is 3.89. The van der Waals surface area contributed by atoms with E-state index in [9.17, 15) is 0 Å². The molecule has 0 atom stereocenters. The summed E-state index contributed by atoms with van der Waals surface area (Å²) >= 11 is 0. The van der Waals surface area contributed by atoms with Gasteiger partial charge in [0, 0.05) is 0 Å². The predicted octanol–water partition coefficient (Wildman–Crippen LogP) is 4.44. The molecule has 0 nitrogen and oxygen atoms in total. The Morgan fingerprint density at radius 1 is 1.00 bits per heavy atom. The van der Waals surface area contributed by atoms with Crippen LogP contribution >= 0.6 is 0 Å². The average Bonchev–Trinajstić information content (AvgIpc) is 2.38. The minimum Gasteiger partial charge on any atom is -0.0985 e. The number of rotatable bonds is 1. The molecule has 0 aliphatic rings. The fourth-order valence-corrected chi connectivity index (χ4v) is 2.07. The highest BCUT2D eigenvalue weighted by molar-refractivity contribution is 6.07. The molecule has 3 aromatic carbocycles. The van der Waals surface area contributed by atoms with Gasteiger partial charge in [-0.2, -0.15) is 0 Å². The van der Waals surface area contributed by atoms with Crippen molar-refractivity contribution in [2.75, 3.05) is 0 Å². The molecule has 0 fully saturated rings. The molecule has 0 heteroatoms. The lowest BCUT2D eigenvalue weighted by molar-refractivity contribution is 1.72. The molecule has 0 aromatic heterocycles. The first-order valence-electron chi connectivity index (χ1n) is 5.34. The normalized spacial score (nSPS) is 10.8. The second-order valence-electron chi connectivity index (χ2n) is 3.89. The predicted molar refractivity (Wildman–Crippen MR) is 70.4 cm³/mol. The second kappa shape index (κ2) is 3.49. The topological polar surface area (TPSA) is 0 Å². The van der Waals surface area contributed by atoms with Gasteiger partial charge in [0.25, 0.3) is 0 Å². The van der Waals surface area contributed by atoms with Crippen LogP contribution in [0.15, 0.2) is 55.1 Å². The number of hydrogen-bond acceptors (Lipinski definition) is 0. The Hall–Kier alpha value is -2.08. The zero-order valence-corrected chi connectivity index (χ0v) is 8.90. The third kappa shape index (κ3) is 1.31. The molecule has 3 rings (SSSR count). The van der Waals surface area contributed by atoms with Crippen molar-refractivity contribution in [2.45, 2.75) is 0 Å². The molecule has 3 aromatic rings. The van der Waals surface area contributed by atoms with Crippen LogP contribution in [0.2, 0.25) is 0 Å². The molecular formula is C16H11. The summed E-state index contributed by atoms with van der Waals surface area (Å²) in [7, 11) is 0. The van der Waals surface area contributed by atoms with E-state index in [2.05, 4.69) is 55.1 Å². The molecule has 75 valence electrons. The van der Waals surface area contributed by atoms with Gasteiger partial charge >= 0.3 is 0 Å². The molecule has 0 aliphatic heterocycles. The quantitative estimate of drug-likeness (QED) is 0.513. The molecule has 0 aliphatic carbocycles. The molecule has 0 spiro atoms. The summed E-state index contributed by atoms with van der Waals surface area (Å²) < 4.78 is 0. The number of benzene rings is 3. The van der Waals surface area contributed by atoms with Gasteiger partial charge in [-0.15, -0.1) is 0 Å². The van der Waals surface area contributed by atoms with Gasteiger partial charge in [-0.05, 0) is 45.3 Å². The van der Waals surface area contributed by atoms with E-state index in [0.717, 1.165) is 10.9 Å². The van der Waals surface area contributed by atoms with Gasteiger partial charge < -0.3 is 0 Å². The standard InChI is InChI=1S/C16H11/c1-2-12-7-10-16-14(11-12)9-8-13-5-3-4-6-15(13)16/h2-8,10-11H,1H2. The minimum atomic E-state index is 1.14. The Morgan fingerprint density at radius 3 is 2.75 bits per heavy atom. The van der Waals surface area contributed by atoms with E-state index >= 15 is 0 Å². The zero-order valence-electron chi connectivity index (χ0n) is 8.90. The first-order chi connectivity index (χ1) is 7.88. The van der Waals surface area contributed by atoms with E-state index in [1.165, 1.54) is 16.2 Å². The summed E-state index contributed by atoms with van der Waals surface area (Å²) in [6.45, 7) is 3.79. The fourth-order valence-electron chi connectivity index (χ4n) is 2.07. The zero-order chi connectivity index (χ0) is 11.0. The highest BCUT2D eigenvalue weighted by Gasteiger charge is 1.99. The third-order valence-electron chi connectivity index (χ3n) is 2.91. The third-order valence-corrected chi connectivity index (χ3v) is 2.91. The van der Waals surface area contributed by atoms with E-state index in [1.807, 2.05) is 12.1 Å². The van der Waals surface area contributed by atoms with Crippen molar-refractivity contribution in [1.82, 2.24) is 0 Å². The van der Waals surface area contributed by atoms with Crippen LogP contribution in [0.25, 0.3) is 27.6 Å². The van der Waals surface area contributed by atoms with E-state index in [0.29, 0.717) is 0 Å². The van der Waals surface area contributed by atoms with Crippen LogP contribution in [0, 0.1) is 6.07 Å². The van der Waals surface area contributed by atoms with Crippen molar-refractivity contribution >= 4 is 27.6 Å². The van der Waals surface area contributed by atoms with Gasteiger partial charge in [-0.1, -0.05) is 49.1 Å². The van der Waals surface area contributed by atoms with Crippen LogP contribution in [0.3, 0.4) is 0 Å². The molecule has 1 radical (unpaired) electrons. The van der Waals surface area contributed by atoms with Gasteiger partial charge in [-0.3, -0.25) is 0 Å². The molecular weight excluding hydrogens is 192 g/mol. The Bertz CT molecular complexity index is 678. The highest BCUT2D eigenvalue weighted by Crippen LogP contribution is 2.25. The van der Waals surface area contributed by atoms with E-state index in [-0.39, 0.29) is 0 Å². The molecule has 0 heterocycles. The lowest BCUT2D eigenvalue weighted by Crippen LogP contribution is -1.79. The van der Waals surface area contributed by atoms with Crippen LogP contribution in [0.5, 0.6) is 0 Å². The summed E-state index contributed by atoms with van der Waals surface area (Å²) in [5.41, 5.74) is 1.14. The summed E-state index contributed by atoms with van der Waals surface area (Å²) in [4.78, 5) is 0. The van der Waals surface area contributed by atoms with Gasteiger partial charge in [-0.25, -0.2) is 0 Å². The van der Waals surface area contributed by atoms with E-state index in [1.54, 1.807) is 0 Å². The first kappa shape index (κ1) is 9.17. The summed E-state index contributed by atoms with van der Waals surface area (Å²) in [5.74, 6) is 0. The first-order valence-corrected chi connectivity index (χ1v) is 5.34. The van der Waals surface area contributed by atoms with Crippen LogP contribution in [-0.4, -0.2) is 0 Å². The maximum Gasteiger partial charge on any atom is -0.00923 e. The van der Waals surface area contributed by atoms with Crippen LogP contribution in [0.4, 0.5) is 0 Å². The molecule has 0 unspecified atom stereocenters. The van der Waals surface area contributed by atoms with Crippen LogP contribution in [0.1, 0.15) is 5.56 Å². The van der Waals surface area contributed by atoms with Crippen LogP contribution < -0.4 is 0 Å². The Labute approximate surface area is 94.8 Å². The average molecular weight is 203 g/mol. The maximum absolute atomic E-state index is 3.79. The van der Waals surface area contributed by atoms with Gasteiger partial charge in [0.1, 0.15) is 0 Å². The molecule has 0 saturated heterocycles. The van der Waals surface area contributed by atoms with Crippen LogP contribution in [-0.2, 0) is 0 Å². The minimum absolute atomic E-state index is 1.14. The van der Waals surface area contributed by atoms with Crippen molar-refractivity contribution < 1.29 is 0 Å². The lowest BCUT2D eigenvalue weighted by atomic mass is 10.0. The smallest absolute Gasteiger partial charge is 0.00923 e. The van der Waals surface area contributed by atoms with Crippen molar-refractivity contribution in [1.29, 1.82) is 0 Å². The van der Waals surface area contributed by atoms with Crippen molar-refractivity contribution in [3.05, 3.63) is 66.7 Å². The number of fused-ring (bicyclic) bond motifs is 3. The van der Waals surface area contributed by atoms with Gasteiger partial charge in [0.2, 0.25) is 0 Å². The van der Waals surface area contributed by atoms with Crippen molar-refractivity contribution in [3.63, 3.8) is 0 Å². The monoisotopic (exact) mass is 203 g/mol. The molecule has 16 heavy (non-hydrogen) atoms. The molecule has 0 bridgehead atoms. The Balaban J connectivity index is 2.47. The number of hydrogen-bond donors (Lipinski definition) is 0. The Morgan fingerprint density at radius 2 is 1.88 bits per heavy atom. The Kier molecular flexibility index (Phi) is 2.00. The maximum atomic E-state index is 3.79. The summed E-state index contributed by atoms with van der Waals surface area (Å²) in [5, 5.41) is 4.92. The molecule has 0 saturated carbocycles. The van der Waals surface area contributed by atoms with E-state index < -0.39 is 0 Å². The highest BCUT2D eigenvalue weighted by atomic mass is 14.0.